The van der Waals surface area contributed by atoms with Crippen molar-refractivity contribution in [2.75, 3.05) is 13.1 Å². The molecule has 2 nitrogen and oxygen atoms in total. The smallest absolute Gasteiger partial charge is 0.170 e. The molecule has 3 rings (SSSR count). The third-order valence-electron chi connectivity index (χ3n) is 4.65. The van der Waals surface area contributed by atoms with E-state index in [9.17, 15) is 0 Å². The maximum Gasteiger partial charge on any atom is 0.170 e. The lowest BCUT2D eigenvalue weighted by Crippen LogP contribution is -2.41. The zero-order valence-corrected chi connectivity index (χ0v) is 13.7. The Balaban J connectivity index is 1.82. The summed E-state index contributed by atoms with van der Waals surface area (Å²) in [7, 11) is 0. The van der Waals surface area contributed by atoms with Crippen LogP contribution in [0.4, 0.5) is 0 Å². The molecule has 1 saturated heterocycles. The summed E-state index contributed by atoms with van der Waals surface area (Å²) in [5, 5.41) is 0.857. The number of allylic oxidation sites excluding steroid dienone is 1. The Morgan fingerprint density at radius 1 is 1.19 bits per heavy atom. The highest BCUT2D eigenvalue weighted by molar-refractivity contribution is 6.31. The predicted octanol–water partition coefficient (Wildman–Crippen LogP) is 4.09. The molecule has 112 valence electrons. The van der Waals surface area contributed by atoms with E-state index in [1.807, 2.05) is 12.1 Å². The van der Waals surface area contributed by atoms with Crippen molar-refractivity contribution in [3.63, 3.8) is 0 Å². The monoisotopic (exact) mass is 303 g/mol. The Kier molecular flexibility index (Phi) is 4.08. The van der Waals surface area contributed by atoms with Gasteiger partial charge in [0.05, 0.1) is 11.4 Å². The van der Waals surface area contributed by atoms with Crippen LogP contribution in [0.25, 0.3) is 0 Å². The van der Waals surface area contributed by atoms with Gasteiger partial charge in [0.2, 0.25) is 0 Å². The number of likely N-dealkylation sites (tertiary alicyclic amines) is 1. The molecule has 21 heavy (non-hydrogen) atoms. The average Bonchev–Trinajstić information content (AvgIpc) is 2.97. The summed E-state index contributed by atoms with van der Waals surface area (Å²) in [5.41, 5.74) is 2.82. The molecule has 0 aliphatic carbocycles. The maximum atomic E-state index is 6.30. The fraction of sp³-hybridized carbons (Fsp3) is 0.500. The van der Waals surface area contributed by atoms with E-state index in [0.717, 1.165) is 18.0 Å². The molecule has 2 aliphatic rings. The summed E-state index contributed by atoms with van der Waals surface area (Å²) in [6, 6.07) is 8.14. The highest BCUT2D eigenvalue weighted by Crippen LogP contribution is 2.29. The minimum Gasteiger partial charge on any atom is -0.374 e. The summed E-state index contributed by atoms with van der Waals surface area (Å²) >= 11 is 6.30. The Bertz CT molecular complexity index is 581. The zero-order chi connectivity index (χ0) is 14.9. The van der Waals surface area contributed by atoms with E-state index in [-0.39, 0.29) is 5.54 Å². The summed E-state index contributed by atoms with van der Waals surface area (Å²) in [6.45, 7) is 7.96. The van der Waals surface area contributed by atoms with Crippen molar-refractivity contribution in [2.24, 2.45) is 0 Å². The predicted molar refractivity (Wildman–Crippen MR) is 89.1 cm³/mol. The third-order valence-corrected chi connectivity index (χ3v) is 5.02. The van der Waals surface area contributed by atoms with Gasteiger partial charge in [-0.2, -0.15) is 0 Å². The third kappa shape index (κ3) is 3.16. The van der Waals surface area contributed by atoms with Crippen molar-refractivity contribution in [1.82, 2.24) is 4.90 Å². The van der Waals surface area contributed by atoms with Crippen LogP contribution in [0.15, 0.2) is 36.0 Å². The van der Waals surface area contributed by atoms with Crippen LogP contribution < -0.4 is 0 Å². The highest BCUT2D eigenvalue weighted by Gasteiger charge is 2.36. The van der Waals surface area contributed by atoms with Crippen LogP contribution in [0, 0.1) is 0 Å². The van der Waals surface area contributed by atoms with Gasteiger partial charge < -0.3 is 4.90 Å². The molecule has 0 radical (unpaired) electrons. The first-order valence-electron chi connectivity index (χ1n) is 7.85. The number of rotatable bonds is 3. The lowest BCUT2D eigenvalue weighted by Gasteiger charge is -2.31. The van der Waals surface area contributed by atoms with Gasteiger partial charge in [0.15, 0.2) is 18.3 Å². The minimum atomic E-state index is 0.131. The van der Waals surface area contributed by atoms with Crippen molar-refractivity contribution in [1.29, 1.82) is 0 Å². The molecule has 0 atom stereocenters. The standard InChI is InChI=1S/C18H24ClN2/c1-18(2)13-16(20-10-5-6-11-20)9-12-21(18)14-15-7-3-4-8-17(15)19/h3-4,7-9,12H,5-6,10-11,13-14H2,1-2H3/q+1. The quantitative estimate of drug-likeness (QED) is 0.763. The molecule has 0 spiro atoms. The number of nitrogens with zero attached hydrogens (tertiary/aromatic N) is 2. The fourth-order valence-corrected chi connectivity index (χ4v) is 3.48. The molecule has 2 aliphatic heterocycles. The van der Waals surface area contributed by atoms with Crippen molar-refractivity contribution >= 4 is 17.8 Å². The van der Waals surface area contributed by atoms with Crippen LogP contribution in [0.5, 0.6) is 0 Å². The van der Waals surface area contributed by atoms with Gasteiger partial charge in [0.25, 0.3) is 0 Å². The highest BCUT2D eigenvalue weighted by atomic mass is 35.5. The summed E-state index contributed by atoms with van der Waals surface area (Å²) in [6.07, 6.45) is 8.32. The van der Waals surface area contributed by atoms with Crippen molar-refractivity contribution in [3.8, 4) is 0 Å². The molecule has 1 aromatic rings. The van der Waals surface area contributed by atoms with E-state index >= 15 is 0 Å². The maximum absolute atomic E-state index is 6.30. The van der Waals surface area contributed by atoms with Gasteiger partial charge >= 0.3 is 0 Å². The first-order chi connectivity index (χ1) is 10.1. The van der Waals surface area contributed by atoms with Gasteiger partial charge in [0.1, 0.15) is 0 Å². The second kappa shape index (κ2) is 5.84. The Morgan fingerprint density at radius 2 is 1.90 bits per heavy atom. The summed E-state index contributed by atoms with van der Waals surface area (Å²) in [5.74, 6) is 0. The summed E-state index contributed by atoms with van der Waals surface area (Å²) < 4.78 is 2.41. The molecule has 0 amide bonds. The zero-order valence-electron chi connectivity index (χ0n) is 13.0. The van der Waals surface area contributed by atoms with Crippen molar-refractivity contribution in [3.05, 3.63) is 46.6 Å². The second-order valence-electron chi connectivity index (χ2n) is 6.71. The molecular weight excluding hydrogens is 280 g/mol. The number of hydrogen-bond donors (Lipinski definition) is 0. The Labute approximate surface area is 132 Å². The van der Waals surface area contributed by atoms with Gasteiger partial charge in [0, 0.05) is 44.3 Å². The van der Waals surface area contributed by atoms with Gasteiger partial charge in [-0.15, -0.1) is 0 Å². The average molecular weight is 304 g/mol. The topological polar surface area (TPSA) is 6.25 Å². The first-order valence-corrected chi connectivity index (χ1v) is 8.23. The fourth-order valence-electron chi connectivity index (χ4n) is 3.28. The van der Waals surface area contributed by atoms with Crippen LogP contribution >= 0.6 is 11.6 Å². The number of benzene rings is 1. The van der Waals surface area contributed by atoms with Crippen LogP contribution in [0.3, 0.4) is 0 Å². The molecular formula is C18H24ClN2+. The lowest BCUT2D eigenvalue weighted by atomic mass is 9.93. The number of halogens is 1. The van der Waals surface area contributed by atoms with Gasteiger partial charge in [-0.25, -0.2) is 4.58 Å². The molecule has 2 heterocycles. The Hall–Kier alpha value is -1.28. The minimum absolute atomic E-state index is 0.131. The van der Waals surface area contributed by atoms with Gasteiger partial charge in [-0.1, -0.05) is 29.8 Å². The molecule has 0 bridgehead atoms. The van der Waals surface area contributed by atoms with Crippen LogP contribution in [-0.4, -0.2) is 34.3 Å². The van der Waals surface area contributed by atoms with E-state index in [2.05, 4.69) is 47.7 Å². The van der Waals surface area contributed by atoms with E-state index in [0.29, 0.717) is 0 Å². The molecule has 0 N–H and O–H groups in total. The van der Waals surface area contributed by atoms with Crippen molar-refractivity contribution in [2.45, 2.75) is 45.2 Å². The van der Waals surface area contributed by atoms with E-state index in [4.69, 9.17) is 11.6 Å². The SMILES string of the molecule is CC1(C)CC(N2CCCC2)=CC=[N+]1Cc1ccccc1Cl. The molecule has 0 aromatic heterocycles. The van der Waals surface area contributed by atoms with Crippen molar-refractivity contribution < 1.29 is 4.58 Å². The second-order valence-corrected chi connectivity index (χ2v) is 7.12. The lowest BCUT2D eigenvalue weighted by molar-refractivity contribution is -0.612. The van der Waals surface area contributed by atoms with E-state index < -0.39 is 0 Å². The largest absolute Gasteiger partial charge is 0.374 e. The number of hydrogen-bond acceptors (Lipinski definition) is 1. The summed E-state index contributed by atoms with van der Waals surface area (Å²) in [4.78, 5) is 2.55. The molecule has 1 fully saturated rings. The normalized spacial score (nSPS) is 21.2. The van der Waals surface area contributed by atoms with Crippen LogP contribution in [-0.2, 0) is 6.54 Å². The molecule has 0 saturated carbocycles. The van der Waals surface area contributed by atoms with Crippen LogP contribution in [0.2, 0.25) is 5.02 Å². The Morgan fingerprint density at radius 3 is 2.57 bits per heavy atom. The van der Waals surface area contributed by atoms with Gasteiger partial charge in [-0.3, -0.25) is 0 Å². The molecule has 3 heteroatoms. The van der Waals surface area contributed by atoms with E-state index in [1.54, 1.807) is 0 Å². The van der Waals surface area contributed by atoms with Gasteiger partial charge in [-0.05, 0) is 18.9 Å². The molecule has 0 unspecified atom stereocenters. The van der Waals surface area contributed by atoms with E-state index in [1.165, 1.54) is 37.2 Å². The van der Waals surface area contributed by atoms with Crippen LogP contribution in [0.1, 0.15) is 38.7 Å². The first kappa shape index (κ1) is 14.6. The molecule has 1 aromatic carbocycles.